The van der Waals surface area contributed by atoms with E-state index in [-0.39, 0.29) is 5.78 Å². The van der Waals surface area contributed by atoms with E-state index in [9.17, 15) is 4.79 Å². The van der Waals surface area contributed by atoms with E-state index in [4.69, 9.17) is 5.26 Å². The first kappa shape index (κ1) is 12.4. The first-order valence-corrected chi connectivity index (χ1v) is 5.53. The standard InChI is InChI=1S/C14H17NO/c1-5-12(8-15)14(16)13-7-6-9(2)10(3)11(13)4/h6-7,12H,5H2,1-4H3. The van der Waals surface area contributed by atoms with Gasteiger partial charge in [0.05, 0.1) is 6.07 Å². The summed E-state index contributed by atoms with van der Waals surface area (Å²) in [6.45, 7) is 7.84. The van der Waals surface area contributed by atoms with E-state index in [0.29, 0.717) is 12.0 Å². The molecule has 0 N–H and O–H groups in total. The molecule has 0 saturated carbocycles. The fourth-order valence-corrected chi connectivity index (χ4v) is 1.75. The van der Waals surface area contributed by atoms with Crippen LogP contribution in [0.1, 0.15) is 40.4 Å². The Hall–Kier alpha value is -1.62. The second-order valence-corrected chi connectivity index (χ2v) is 4.13. The lowest BCUT2D eigenvalue weighted by molar-refractivity contribution is 0.0946. The van der Waals surface area contributed by atoms with Crippen LogP contribution in [-0.4, -0.2) is 5.78 Å². The molecule has 0 spiro atoms. The molecule has 0 aromatic heterocycles. The van der Waals surface area contributed by atoms with Crippen molar-refractivity contribution in [2.24, 2.45) is 5.92 Å². The van der Waals surface area contributed by atoms with Gasteiger partial charge in [-0.25, -0.2) is 0 Å². The molecule has 84 valence electrons. The molecule has 0 amide bonds. The summed E-state index contributed by atoms with van der Waals surface area (Å²) in [5.41, 5.74) is 4.01. The van der Waals surface area contributed by atoms with Crippen LogP contribution in [0.3, 0.4) is 0 Å². The molecule has 2 heteroatoms. The molecule has 0 heterocycles. The molecule has 0 radical (unpaired) electrons. The molecule has 0 fully saturated rings. The lowest BCUT2D eigenvalue weighted by Gasteiger charge is -2.12. The lowest BCUT2D eigenvalue weighted by Crippen LogP contribution is -2.14. The van der Waals surface area contributed by atoms with Gasteiger partial charge in [0.25, 0.3) is 0 Å². The highest BCUT2D eigenvalue weighted by atomic mass is 16.1. The molecule has 2 nitrogen and oxygen atoms in total. The summed E-state index contributed by atoms with van der Waals surface area (Å²) in [4.78, 5) is 12.1. The van der Waals surface area contributed by atoms with Gasteiger partial charge >= 0.3 is 0 Å². The summed E-state index contributed by atoms with van der Waals surface area (Å²) in [6, 6.07) is 5.84. The van der Waals surface area contributed by atoms with Gasteiger partial charge in [-0.15, -0.1) is 0 Å². The molecule has 0 aliphatic heterocycles. The highest BCUT2D eigenvalue weighted by molar-refractivity contribution is 6.00. The molecule has 1 aromatic carbocycles. The van der Waals surface area contributed by atoms with Gasteiger partial charge in [-0.3, -0.25) is 4.79 Å². The SMILES string of the molecule is CCC(C#N)C(=O)c1ccc(C)c(C)c1C. The van der Waals surface area contributed by atoms with E-state index >= 15 is 0 Å². The summed E-state index contributed by atoms with van der Waals surface area (Å²) in [5, 5.41) is 8.90. The number of nitriles is 1. The highest BCUT2D eigenvalue weighted by Crippen LogP contribution is 2.21. The van der Waals surface area contributed by atoms with E-state index in [2.05, 4.69) is 6.07 Å². The number of carbonyl (C=O) groups is 1. The van der Waals surface area contributed by atoms with Crippen LogP contribution >= 0.6 is 0 Å². The zero-order valence-corrected chi connectivity index (χ0v) is 10.3. The van der Waals surface area contributed by atoms with E-state index in [0.717, 1.165) is 11.1 Å². The van der Waals surface area contributed by atoms with Crippen molar-refractivity contribution >= 4 is 5.78 Å². The Bertz CT molecular complexity index is 455. The molecular formula is C14H17NO. The average molecular weight is 215 g/mol. The van der Waals surface area contributed by atoms with E-state index in [1.807, 2.05) is 39.8 Å². The van der Waals surface area contributed by atoms with Crippen LogP contribution in [0.5, 0.6) is 0 Å². The number of hydrogen-bond acceptors (Lipinski definition) is 2. The number of carbonyl (C=O) groups excluding carboxylic acids is 1. The Labute approximate surface area is 96.9 Å². The maximum atomic E-state index is 12.1. The largest absolute Gasteiger partial charge is 0.293 e. The van der Waals surface area contributed by atoms with Gasteiger partial charge in [0.1, 0.15) is 5.92 Å². The van der Waals surface area contributed by atoms with Crippen molar-refractivity contribution in [1.82, 2.24) is 0 Å². The van der Waals surface area contributed by atoms with E-state index in [1.165, 1.54) is 5.56 Å². The van der Waals surface area contributed by atoms with Gasteiger partial charge in [-0.05, 0) is 43.9 Å². The molecule has 0 aliphatic carbocycles. The molecule has 0 saturated heterocycles. The Morgan fingerprint density at radius 1 is 1.31 bits per heavy atom. The number of rotatable bonds is 3. The smallest absolute Gasteiger partial charge is 0.180 e. The fourth-order valence-electron chi connectivity index (χ4n) is 1.75. The topological polar surface area (TPSA) is 40.9 Å². The summed E-state index contributed by atoms with van der Waals surface area (Å²) in [6.07, 6.45) is 0.571. The summed E-state index contributed by atoms with van der Waals surface area (Å²) < 4.78 is 0. The quantitative estimate of drug-likeness (QED) is 0.725. The van der Waals surface area contributed by atoms with Crippen molar-refractivity contribution in [2.75, 3.05) is 0 Å². The average Bonchev–Trinajstić information content (AvgIpc) is 2.27. The van der Waals surface area contributed by atoms with Crippen LogP contribution in [0.2, 0.25) is 0 Å². The summed E-state index contributed by atoms with van der Waals surface area (Å²) in [7, 11) is 0. The van der Waals surface area contributed by atoms with Gasteiger partial charge in [-0.1, -0.05) is 19.1 Å². The van der Waals surface area contributed by atoms with Crippen LogP contribution in [0, 0.1) is 38.0 Å². The maximum absolute atomic E-state index is 12.1. The van der Waals surface area contributed by atoms with Crippen LogP contribution in [0.25, 0.3) is 0 Å². The lowest BCUT2D eigenvalue weighted by atomic mass is 9.90. The van der Waals surface area contributed by atoms with Gasteiger partial charge in [0.15, 0.2) is 5.78 Å². The van der Waals surface area contributed by atoms with Gasteiger partial charge in [0.2, 0.25) is 0 Å². The zero-order chi connectivity index (χ0) is 12.3. The van der Waals surface area contributed by atoms with Gasteiger partial charge in [-0.2, -0.15) is 5.26 Å². The van der Waals surface area contributed by atoms with E-state index in [1.54, 1.807) is 0 Å². The predicted octanol–water partition coefficient (Wildman–Crippen LogP) is 3.34. The van der Waals surface area contributed by atoms with Gasteiger partial charge in [0, 0.05) is 5.56 Å². The maximum Gasteiger partial charge on any atom is 0.180 e. The number of nitrogens with zero attached hydrogens (tertiary/aromatic N) is 1. The normalized spacial score (nSPS) is 11.9. The van der Waals surface area contributed by atoms with Crippen molar-refractivity contribution in [2.45, 2.75) is 34.1 Å². The second kappa shape index (κ2) is 4.94. The molecule has 16 heavy (non-hydrogen) atoms. The highest BCUT2D eigenvalue weighted by Gasteiger charge is 2.20. The third kappa shape index (κ3) is 2.14. The Morgan fingerprint density at radius 3 is 2.44 bits per heavy atom. The molecule has 1 aromatic rings. The van der Waals surface area contributed by atoms with Crippen LogP contribution in [-0.2, 0) is 0 Å². The zero-order valence-electron chi connectivity index (χ0n) is 10.3. The number of hydrogen-bond donors (Lipinski definition) is 0. The second-order valence-electron chi connectivity index (χ2n) is 4.13. The van der Waals surface area contributed by atoms with Crippen molar-refractivity contribution in [1.29, 1.82) is 5.26 Å². The van der Waals surface area contributed by atoms with Crippen LogP contribution in [0.15, 0.2) is 12.1 Å². The summed E-state index contributed by atoms with van der Waals surface area (Å²) in [5.74, 6) is -0.564. The minimum atomic E-state index is -0.513. The van der Waals surface area contributed by atoms with Crippen molar-refractivity contribution in [3.05, 3.63) is 34.4 Å². The molecule has 0 bridgehead atoms. The van der Waals surface area contributed by atoms with Crippen molar-refractivity contribution in [3.63, 3.8) is 0 Å². The van der Waals surface area contributed by atoms with Crippen molar-refractivity contribution in [3.8, 4) is 6.07 Å². The molecule has 1 rings (SSSR count). The monoisotopic (exact) mass is 215 g/mol. The number of aryl methyl sites for hydroxylation is 1. The molecule has 0 aliphatic rings. The number of Topliss-reactive ketones (excluding diaryl/α,β-unsaturated/α-hetero) is 1. The third-order valence-electron chi connectivity index (χ3n) is 3.20. The number of ketones is 1. The van der Waals surface area contributed by atoms with Gasteiger partial charge < -0.3 is 0 Å². The minimum Gasteiger partial charge on any atom is -0.293 e. The Morgan fingerprint density at radius 2 is 1.94 bits per heavy atom. The fraction of sp³-hybridized carbons (Fsp3) is 0.429. The molecular weight excluding hydrogens is 198 g/mol. The molecule has 1 atom stereocenters. The first-order valence-electron chi connectivity index (χ1n) is 5.53. The summed E-state index contributed by atoms with van der Waals surface area (Å²) >= 11 is 0. The molecule has 1 unspecified atom stereocenters. The van der Waals surface area contributed by atoms with Crippen LogP contribution in [0.4, 0.5) is 0 Å². The third-order valence-corrected chi connectivity index (χ3v) is 3.20. The predicted molar refractivity (Wildman–Crippen MR) is 64.4 cm³/mol. The van der Waals surface area contributed by atoms with Crippen molar-refractivity contribution < 1.29 is 4.79 Å². The minimum absolute atomic E-state index is 0.0504. The Balaban J connectivity index is 3.21. The number of benzene rings is 1. The van der Waals surface area contributed by atoms with E-state index < -0.39 is 5.92 Å². The first-order chi connectivity index (χ1) is 7.52. The van der Waals surface area contributed by atoms with Crippen LogP contribution < -0.4 is 0 Å². The Kier molecular flexibility index (Phi) is 3.84.